The van der Waals surface area contributed by atoms with Gasteiger partial charge in [-0.25, -0.2) is 0 Å². The molecule has 0 unspecified atom stereocenters. The number of rotatable bonds is 2. The molecule has 0 radical (unpaired) electrons. The molecule has 2 N–H and O–H groups in total. The van der Waals surface area contributed by atoms with Gasteiger partial charge >= 0.3 is 0 Å². The van der Waals surface area contributed by atoms with E-state index in [9.17, 15) is 4.79 Å². The van der Waals surface area contributed by atoms with Gasteiger partial charge in [-0.15, -0.1) is 0 Å². The van der Waals surface area contributed by atoms with Crippen molar-refractivity contribution in [1.82, 2.24) is 5.32 Å². The van der Waals surface area contributed by atoms with E-state index in [1.54, 1.807) is 12.1 Å². The highest BCUT2D eigenvalue weighted by molar-refractivity contribution is 6.30. The highest BCUT2D eigenvalue weighted by Gasteiger charge is 2.22. The number of halogens is 1. The number of anilines is 1. The molecule has 1 aliphatic rings. The van der Waals surface area contributed by atoms with E-state index in [2.05, 4.69) is 10.6 Å². The molecule has 1 aromatic carbocycles. The van der Waals surface area contributed by atoms with E-state index in [1.807, 2.05) is 12.1 Å². The van der Waals surface area contributed by atoms with Crippen molar-refractivity contribution in [1.29, 1.82) is 0 Å². The van der Waals surface area contributed by atoms with Gasteiger partial charge in [0.15, 0.2) is 0 Å². The third-order valence-corrected chi connectivity index (χ3v) is 2.76. The van der Waals surface area contributed by atoms with Crippen LogP contribution < -0.4 is 10.6 Å². The Kier molecular flexibility index (Phi) is 3.23. The third-order valence-electron chi connectivity index (χ3n) is 2.52. The minimum absolute atomic E-state index is 0.0715. The van der Waals surface area contributed by atoms with E-state index < -0.39 is 0 Å². The molecule has 1 aromatic rings. The van der Waals surface area contributed by atoms with Crippen molar-refractivity contribution in [2.45, 2.75) is 6.42 Å². The number of hydrogen-bond acceptors (Lipinski definition) is 2. The largest absolute Gasteiger partial charge is 0.326 e. The van der Waals surface area contributed by atoms with Gasteiger partial charge in [-0.05, 0) is 31.2 Å². The summed E-state index contributed by atoms with van der Waals surface area (Å²) < 4.78 is 0. The van der Waals surface area contributed by atoms with Gasteiger partial charge in [0.25, 0.3) is 0 Å². The summed E-state index contributed by atoms with van der Waals surface area (Å²) in [5.41, 5.74) is 0.763. The summed E-state index contributed by atoms with van der Waals surface area (Å²) in [7, 11) is 0. The lowest BCUT2D eigenvalue weighted by Crippen LogP contribution is -2.24. The second kappa shape index (κ2) is 4.64. The van der Waals surface area contributed by atoms with E-state index in [4.69, 9.17) is 11.6 Å². The number of amides is 1. The Morgan fingerprint density at radius 1 is 1.53 bits per heavy atom. The number of carbonyl (C=O) groups is 1. The van der Waals surface area contributed by atoms with Crippen LogP contribution in [0.15, 0.2) is 24.3 Å². The zero-order valence-electron chi connectivity index (χ0n) is 8.29. The molecule has 1 heterocycles. The maximum absolute atomic E-state index is 11.7. The fraction of sp³-hybridized carbons (Fsp3) is 0.364. The van der Waals surface area contributed by atoms with Crippen LogP contribution in [0.3, 0.4) is 0 Å². The first-order valence-electron chi connectivity index (χ1n) is 5.03. The van der Waals surface area contributed by atoms with Crippen LogP contribution >= 0.6 is 11.6 Å². The van der Waals surface area contributed by atoms with Crippen molar-refractivity contribution in [3.63, 3.8) is 0 Å². The van der Waals surface area contributed by atoms with Crippen molar-refractivity contribution < 1.29 is 4.79 Å². The number of benzene rings is 1. The summed E-state index contributed by atoms with van der Waals surface area (Å²) in [6, 6.07) is 7.20. The first-order valence-corrected chi connectivity index (χ1v) is 5.40. The second-order valence-corrected chi connectivity index (χ2v) is 4.13. The molecular weight excluding hydrogens is 212 g/mol. The zero-order chi connectivity index (χ0) is 10.7. The summed E-state index contributed by atoms with van der Waals surface area (Å²) in [5.74, 6) is 0.159. The average molecular weight is 225 g/mol. The van der Waals surface area contributed by atoms with Crippen LogP contribution in [-0.4, -0.2) is 19.0 Å². The molecular formula is C11H13ClN2O. The normalized spacial score (nSPS) is 20.2. The monoisotopic (exact) mass is 224 g/mol. The first-order chi connectivity index (χ1) is 7.25. The number of hydrogen-bond donors (Lipinski definition) is 2. The Hall–Kier alpha value is -1.06. The van der Waals surface area contributed by atoms with Gasteiger partial charge in [-0.2, -0.15) is 0 Å². The zero-order valence-corrected chi connectivity index (χ0v) is 9.05. The van der Waals surface area contributed by atoms with Crippen LogP contribution in [0.2, 0.25) is 5.02 Å². The molecule has 4 heteroatoms. The van der Waals surface area contributed by atoms with E-state index in [0.717, 1.165) is 25.2 Å². The number of carbonyl (C=O) groups excluding carboxylic acids is 1. The average Bonchev–Trinajstić information content (AvgIpc) is 2.70. The van der Waals surface area contributed by atoms with E-state index in [1.165, 1.54) is 0 Å². The van der Waals surface area contributed by atoms with Crippen molar-refractivity contribution >= 4 is 23.2 Å². The molecule has 2 rings (SSSR count). The third kappa shape index (κ3) is 2.70. The molecule has 0 saturated carbocycles. The van der Waals surface area contributed by atoms with Crippen molar-refractivity contribution in [3.8, 4) is 0 Å². The van der Waals surface area contributed by atoms with Gasteiger partial charge in [0.1, 0.15) is 0 Å². The molecule has 80 valence electrons. The molecule has 0 bridgehead atoms. The van der Waals surface area contributed by atoms with Crippen molar-refractivity contribution in [2.24, 2.45) is 5.92 Å². The Balaban J connectivity index is 1.99. The lowest BCUT2D eigenvalue weighted by Gasteiger charge is -2.09. The molecule has 15 heavy (non-hydrogen) atoms. The quantitative estimate of drug-likeness (QED) is 0.806. The highest BCUT2D eigenvalue weighted by atomic mass is 35.5. The lowest BCUT2D eigenvalue weighted by atomic mass is 10.1. The molecule has 1 saturated heterocycles. The van der Waals surface area contributed by atoms with Crippen LogP contribution in [0.5, 0.6) is 0 Å². The molecule has 1 atom stereocenters. The van der Waals surface area contributed by atoms with Crippen LogP contribution in [0.1, 0.15) is 6.42 Å². The molecule has 0 spiro atoms. The fourth-order valence-electron chi connectivity index (χ4n) is 1.69. The van der Waals surface area contributed by atoms with E-state index >= 15 is 0 Å². The standard InChI is InChI=1S/C11H13ClN2O/c12-9-2-1-3-10(6-9)14-11(15)8-4-5-13-7-8/h1-3,6,8,13H,4-5,7H2,(H,14,15)/t8-/m0/s1. The van der Waals surface area contributed by atoms with Crippen LogP contribution in [0, 0.1) is 5.92 Å². The molecule has 0 aromatic heterocycles. The van der Waals surface area contributed by atoms with Gasteiger partial charge < -0.3 is 10.6 Å². The fourth-order valence-corrected chi connectivity index (χ4v) is 1.88. The summed E-state index contributed by atoms with van der Waals surface area (Å²) in [5, 5.41) is 6.66. The lowest BCUT2D eigenvalue weighted by molar-refractivity contribution is -0.119. The summed E-state index contributed by atoms with van der Waals surface area (Å²) in [6.45, 7) is 1.69. The summed E-state index contributed by atoms with van der Waals surface area (Å²) >= 11 is 5.82. The van der Waals surface area contributed by atoms with Gasteiger partial charge in [0, 0.05) is 17.3 Å². The molecule has 0 aliphatic carbocycles. The maximum atomic E-state index is 11.7. The SMILES string of the molecule is O=C(Nc1cccc(Cl)c1)[C@H]1CCNC1. The van der Waals surface area contributed by atoms with Crippen LogP contribution in [0.25, 0.3) is 0 Å². The number of nitrogens with one attached hydrogen (secondary N) is 2. The Morgan fingerprint density at radius 3 is 3.07 bits per heavy atom. The predicted octanol–water partition coefficient (Wildman–Crippen LogP) is 1.89. The highest BCUT2D eigenvalue weighted by Crippen LogP contribution is 2.17. The Morgan fingerprint density at radius 2 is 2.40 bits per heavy atom. The molecule has 1 fully saturated rings. The van der Waals surface area contributed by atoms with Gasteiger partial charge in [-0.3, -0.25) is 4.79 Å². The van der Waals surface area contributed by atoms with E-state index in [-0.39, 0.29) is 11.8 Å². The van der Waals surface area contributed by atoms with Crippen LogP contribution in [0.4, 0.5) is 5.69 Å². The minimum atomic E-state index is 0.0715. The first kappa shape index (κ1) is 10.5. The molecule has 3 nitrogen and oxygen atoms in total. The van der Waals surface area contributed by atoms with Gasteiger partial charge in [0.05, 0.1) is 5.92 Å². The minimum Gasteiger partial charge on any atom is -0.326 e. The summed E-state index contributed by atoms with van der Waals surface area (Å²) in [6.07, 6.45) is 0.909. The molecule has 1 aliphatic heterocycles. The Bertz CT molecular complexity index is 361. The predicted molar refractivity (Wildman–Crippen MR) is 61.1 cm³/mol. The topological polar surface area (TPSA) is 41.1 Å². The smallest absolute Gasteiger partial charge is 0.228 e. The van der Waals surface area contributed by atoms with Crippen molar-refractivity contribution in [2.75, 3.05) is 18.4 Å². The van der Waals surface area contributed by atoms with Crippen LogP contribution in [-0.2, 0) is 4.79 Å². The maximum Gasteiger partial charge on any atom is 0.228 e. The molecule has 1 amide bonds. The van der Waals surface area contributed by atoms with Gasteiger partial charge in [0.2, 0.25) is 5.91 Å². The van der Waals surface area contributed by atoms with Gasteiger partial charge in [-0.1, -0.05) is 17.7 Å². The van der Waals surface area contributed by atoms with Crippen molar-refractivity contribution in [3.05, 3.63) is 29.3 Å². The van der Waals surface area contributed by atoms with E-state index in [0.29, 0.717) is 5.02 Å². The summed E-state index contributed by atoms with van der Waals surface area (Å²) in [4.78, 5) is 11.7. The Labute approximate surface area is 93.8 Å². The second-order valence-electron chi connectivity index (χ2n) is 3.69.